The van der Waals surface area contributed by atoms with E-state index in [9.17, 15) is 4.79 Å². The first-order valence-electron chi connectivity index (χ1n) is 9.09. The monoisotopic (exact) mass is 343 g/mol. The summed E-state index contributed by atoms with van der Waals surface area (Å²) in [6, 6.07) is 5.95. The van der Waals surface area contributed by atoms with Crippen molar-refractivity contribution < 1.29 is 4.74 Å². The fraction of sp³-hybridized carbons (Fsp3) is 0.550. The molecule has 2 N–H and O–H groups in total. The van der Waals surface area contributed by atoms with Gasteiger partial charge < -0.3 is 15.0 Å². The van der Waals surface area contributed by atoms with E-state index in [1.54, 1.807) is 0 Å². The average molecular weight is 343 g/mol. The van der Waals surface area contributed by atoms with E-state index in [0.717, 1.165) is 53.8 Å². The molecule has 1 aromatic carbocycles. The third kappa shape index (κ3) is 3.82. The highest BCUT2D eigenvalue weighted by molar-refractivity contribution is 5.94. The molecule has 3 heterocycles. The van der Waals surface area contributed by atoms with Crippen molar-refractivity contribution in [2.24, 2.45) is 0 Å². The second-order valence-electron chi connectivity index (χ2n) is 6.80. The maximum Gasteiger partial charge on any atom is 0.253 e. The van der Waals surface area contributed by atoms with E-state index < -0.39 is 0 Å². The molecule has 2 aliphatic heterocycles. The number of nitrogens with one attached hydrogen (secondary N) is 2. The van der Waals surface area contributed by atoms with Crippen molar-refractivity contribution in [2.75, 3.05) is 38.1 Å². The number of hydrogen-bond acceptors (Lipinski definition) is 4. The lowest BCUT2D eigenvalue weighted by Gasteiger charge is -2.26. The van der Waals surface area contributed by atoms with Gasteiger partial charge in [-0.2, -0.15) is 0 Å². The molecule has 0 atom stereocenters. The maximum atomic E-state index is 12.2. The first-order chi connectivity index (χ1) is 11.8. The molecule has 0 unspecified atom stereocenters. The fourth-order valence-corrected chi connectivity index (χ4v) is 3.80. The Balaban J connectivity index is 0.00000182. The molecule has 1 aromatic heterocycles. The molecular weight excluding hydrogens is 314 g/mol. The molecule has 0 bridgehead atoms. The lowest BCUT2D eigenvalue weighted by Crippen LogP contribution is -2.33. The number of rotatable bonds is 4. The van der Waals surface area contributed by atoms with Crippen molar-refractivity contribution in [1.29, 1.82) is 0 Å². The van der Waals surface area contributed by atoms with Crippen molar-refractivity contribution in [3.05, 3.63) is 34.1 Å². The number of hydrogen-bond donors (Lipinski definition) is 2. The lowest BCUT2D eigenvalue weighted by molar-refractivity contribution is 0.183. The molecule has 5 heteroatoms. The van der Waals surface area contributed by atoms with Crippen LogP contribution < -0.4 is 15.6 Å². The molecule has 0 amide bonds. The van der Waals surface area contributed by atoms with Gasteiger partial charge in [0.15, 0.2) is 0 Å². The van der Waals surface area contributed by atoms with Crippen LogP contribution >= 0.6 is 0 Å². The minimum Gasteiger partial charge on any atom is -0.492 e. The molecule has 4 rings (SSSR count). The summed E-state index contributed by atoms with van der Waals surface area (Å²) in [6.45, 7) is 5.01. The van der Waals surface area contributed by atoms with Crippen LogP contribution in [0.4, 0.5) is 5.69 Å². The number of piperidine rings is 1. The van der Waals surface area contributed by atoms with Crippen LogP contribution in [0.25, 0.3) is 10.9 Å². The van der Waals surface area contributed by atoms with E-state index in [1.165, 1.54) is 32.4 Å². The highest BCUT2D eigenvalue weighted by atomic mass is 16.5. The lowest BCUT2D eigenvalue weighted by atomic mass is 10.0. The number of fused-ring (bicyclic) bond motifs is 3. The predicted molar refractivity (Wildman–Crippen MR) is 104 cm³/mol. The molecule has 0 saturated carbocycles. The van der Waals surface area contributed by atoms with Crippen molar-refractivity contribution in [1.82, 2.24) is 9.88 Å². The summed E-state index contributed by atoms with van der Waals surface area (Å²) in [5, 5.41) is 4.45. The molecule has 0 radical (unpaired) electrons. The van der Waals surface area contributed by atoms with Gasteiger partial charge in [0.25, 0.3) is 5.56 Å². The number of ether oxygens (including phenoxy) is 1. The SMILES string of the molecule is C.O=c1[nH]c2ccc(OCCN3CCCCC3)cc2c2c1CCCN2. The van der Waals surface area contributed by atoms with Crippen molar-refractivity contribution >= 4 is 16.6 Å². The van der Waals surface area contributed by atoms with Gasteiger partial charge in [0.2, 0.25) is 0 Å². The van der Waals surface area contributed by atoms with Gasteiger partial charge in [0, 0.05) is 24.0 Å². The second-order valence-corrected chi connectivity index (χ2v) is 6.80. The summed E-state index contributed by atoms with van der Waals surface area (Å²) in [4.78, 5) is 17.6. The van der Waals surface area contributed by atoms with E-state index in [0.29, 0.717) is 6.61 Å². The number of anilines is 1. The zero-order valence-electron chi connectivity index (χ0n) is 14.1. The molecule has 0 spiro atoms. The highest BCUT2D eigenvalue weighted by Gasteiger charge is 2.16. The Kier molecular flexibility index (Phi) is 5.63. The van der Waals surface area contributed by atoms with Crippen molar-refractivity contribution in [2.45, 2.75) is 39.5 Å². The highest BCUT2D eigenvalue weighted by Crippen LogP contribution is 2.30. The normalized spacial score (nSPS) is 17.4. The number of aromatic amines is 1. The number of aromatic nitrogens is 1. The number of likely N-dealkylation sites (tertiary alicyclic amines) is 1. The number of H-pyrrole nitrogens is 1. The smallest absolute Gasteiger partial charge is 0.253 e. The molecule has 1 saturated heterocycles. The molecule has 1 fully saturated rings. The molecule has 2 aromatic rings. The van der Waals surface area contributed by atoms with Gasteiger partial charge in [-0.3, -0.25) is 9.69 Å². The summed E-state index contributed by atoms with van der Waals surface area (Å²) in [6.07, 6.45) is 5.82. The largest absolute Gasteiger partial charge is 0.492 e. The topological polar surface area (TPSA) is 57.4 Å². The van der Waals surface area contributed by atoms with Crippen LogP contribution in [0.2, 0.25) is 0 Å². The molecular formula is C20H29N3O2. The van der Waals surface area contributed by atoms with Gasteiger partial charge >= 0.3 is 0 Å². The van der Waals surface area contributed by atoms with Gasteiger partial charge in [-0.05, 0) is 57.0 Å². The number of pyridine rings is 1. The van der Waals surface area contributed by atoms with Gasteiger partial charge in [0.1, 0.15) is 12.4 Å². The second kappa shape index (κ2) is 7.91. The Bertz CT molecular complexity index is 778. The third-order valence-electron chi connectivity index (χ3n) is 5.11. The van der Waals surface area contributed by atoms with Gasteiger partial charge in [-0.1, -0.05) is 13.8 Å². The fourth-order valence-electron chi connectivity index (χ4n) is 3.80. The molecule has 2 aliphatic rings. The summed E-state index contributed by atoms with van der Waals surface area (Å²) in [5.74, 6) is 0.876. The zero-order chi connectivity index (χ0) is 16.4. The van der Waals surface area contributed by atoms with Crippen molar-refractivity contribution in [3.63, 3.8) is 0 Å². The first kappa shape index (κ1) is 17.8. The van der Waals surface area contributed by atoms with E-state index in [2.05, 4.69) is 21.3 Å². The Morgan fingerprint density at radius 1 is 1.12 bits per heavy atom. The summed E-state index contributed by atoms with van der Waals surface area (Å²) < 4.78 is 5.98. The first-order valence-corrected chi connectivity index (χ1v) is 9.09. The van der Waals surface area contributed by atoms with Crippen molar-refractivity contribution in [3.8, 4) is 5.75 Å². The average Bonchev–Trinajstić information content (AvgIpc) is 2.63. The van der Waals surface area contributed by atoms with Gasteiger partial charge in [-0.15, -0.1) is 0 Å². The minimum absolute atomic E-state index is 0. The minimum atomic E-state index is 0. The van der Waals surface area contributed by atoms with Crippen LogP contribution in [0, 0.1) is 0 Å². The van der Waals surface area contributed by atoms with E-state index in [-0.39, 0.29) is 13.0 Å². The Morgan fingerprint density at radius 2 is 1.96 bits per heavy atom. The van der Waals surface area contributed by atoms with Crippen LogP contribution in [0.3, 0.4) is 0 Å². The molecule has 136 valence electrons. The standard InChI is InChI=1S/C19H25N3O2.CH4/c23-19-15-5-4-8-20-18(15)16-13-14(6-7-17(16)21-19)24-12-11-22-9-2-1-3-10-22;/h6-7,13,20H,1-5,8-12H2,(H,21,23);1H4. The summed E-state index contributed by atoms with van der Waals surface area (Å²) in [7, 11) is 0. The van der Waals surface area contributed by atoms with Crippen LogP contribution in [-0.2, 0) is 6.42 Å². The van der Waals surface area contributed by atoms with Crippen LogP contribution in [-0.4, -0.2) is 42.7 Å². The zero-order valence-corrected chi connectivity index (χ0v) is 14.1. The summed E-state index contributed by atoms with van der Waals surface area (Å²) in [5.41, 5.74) is 2.76. The van der Waals surface area contributed by atoms with Crippen LogP contribution in [0.1, 0.15) is 38.7 Å². The van der Waals surface area contributed by atoms with Crippen LogP contribution in [0.15, 0.2) is 23.0 Å². The summed E-state index contributed by atoms with van der Waals surface area (Å²) >= 11 is 0. The van der Waals surface area contributed by atoms with Gasteiger partial charge in [0.05, 0.1) is 11.2 Å². The Labute approximate surface area is 149 Å². The van der Waals surface area contributed by atoms with Crippen LogP contribution in [0.5, 0.6) is 5.75 Å². The quantitative estimate of drug-likeness (QED) is 0.893. The Morgan fingerprint density at radius 3 is 2.80 bits per heavy atom. The molecule has 0 aliphatic carbocycles. The predicted octanol–water partition coefficient (Wildman–Crippen LogP) is 3.39. The Hall–Kier alpha value is -2.01. The van der Waals surface area contributed by atoms with E-state index >= 15 is 0 Å². The van der Waals surface area contributed by atoms with Gasteiger partial charge in [-0.25, -0.2) is 0 Å². The third-order valence-corrected chi connectivity index (χ3v) is 5.11. The molecule has 5 nitrogen and oxygen atoms in total. The molecule has 25 heavy (non-hydrogen) atoms. The number of nitrogens with zero attached hydrogens (tertiary/aromatic N) is 1. The van der Waals surface area contributed by atoms with E-state index in [4.69, 9.17) is 4.74 Å². The van der Waals surface area contributed by atoms with E-state index in [1.807, 2.05) is 12.1 Å². The number of benzene rings is 1. The maximum absolute atomic E-state index is 12.2.